The highest BCUT2D eigenvalue weighted by Gasteiger charge is 2.34. The van der Waals surface area contributed by atoms with Crippen molar-refractivity contribution in [3.63, 3.8) is 0 Å². The van der Waals surface area contributed by atoms with Crippen molar-refractivity contribution >= 4 is 5.91 Å². The molecule has 1 amide bonds. The Kier molecular flexibility index (Phi) is 7.49. The summed E-state index contributed by atoms with van der Waals surface area (Å²) in [5.41, 5.74) is 1.46. The highest BCUT2D eigenvalue weighted by molar-refractivity contribution is 5.73. The summed E-state index contributed by atoms with van der Waals surface area (Å²) in [6, 6.07) is 0. The molecule has 6 nitrogen and oxygen atoms in total. The van der Waals surface area contributed by atoms with Gasteiger partial charge in [0.05, 0.1) is 0 Å². The molecule has 3 unspecified atom stereocenters. The molecule has 1 aliphatic heterocycles. The average molecular weight is 403 g/mol. The van der Waals surface area contributed by atoms with Gasteiger partial charge < -0.3 is 9.32 Å². The highest BCUT2D eigenvalue weighted by atomic mass is 16.4. The smallest absolute Gasteiger partial charge is 0.219 e. The van der Waals surface area contributed by atoms with E-state index < -0.39 is 0 Å². The van der Waals surface area contributed by atoms with Gasteiger partial charge in [-0.15, -0.1) is 10.2 Å². The SMILES string of the molecule is CCCc1nnc(CC2CC(C(C)C)C(CN3CCN(C(C)=O)CC3)C=C2C)o1. The van der Waals surface area contributed by atoms with Crippen LogP contribution in [0.4, 0.5) is 0 Å². The van der Waals surface area contributed by atoms with E-state index in [0.717, 1.165) is 63.8 Å². The number of amides is 1. The maximum Gasteiger partial charge on any atom is 0.219 e. The Labute approximate surface area is 175 Å². The van der Waals surface area contributed by atoms with Crippen molar-refractivity contribution in [2.75, 3.05) is 32.7 Å². The van der Waals surface area contributed by atoms with Crippen LogP contribution in [0.2, 0.25) is 0 Å². The number of aromatic nitrogens is 2. The number of carbonyl (C=O) groups excluding carboxylic acids is 1. The van der Waals surface area contributed by atoms with Crippen molar-refractivity contribution < 1.29 is 9.21 Å². The van der Waals surface area contributed by atoms with Crippen LogP contribution in [-0.2, 0) is 17.6 Å². The summed E-state index contributed by atoms with van der Waals surface area (Å²) in [7, 11) is 0. The van der Waals surface area contributed by atoms with E-state index in [1.54, 1.807) is 6.92 Å². The van der Waals surface area contributed by atoms with E-state index in [1.807, 2.05) is 4.90 Å². The maximum absolute atomic E-state index is 11.6. The van der Waals surface area contributed by atoms with Gasteiger partial charge in [0, 0.05) is 52.5 Å². The molecule has 0 aromatic carbocycles. The van der Waals surface area contributed by atoms with Gasteiger partial charge in [0.1, 0.15) is 0 Å². The third-order valence-electron chi connectivity index (χ3n) is 6.76. The molecule has 0 radical (unpaired) electrons. The molecule has 1 aliphatic carbocycles. The topological polar surface area (TPSA) is 62.5 Å². The summed E-state index contributed by atoms with van der Waals surface area (Å²) in [5.74, 6) is 4.12. The van der Waals surface area contributed by atoms with Crippen molar-refractivity contribution in [1.29, 1.82) is 0 Å². The Morgan fingerprint density at radius 2 is 1.90 bits per heavy atom. The van der Waals surface area contributed by atoms with Gasteiger partial charge in [-0.2, -0.15) is 0 Å². The molecule has 0 saturated carbocycles. The summed E-state index contributed by atoms with van der Waals surface area (Å²) in [5, 5.41) is 8.47. The Morgan fingerprint density at radius 3 is 2.52 bits per heavy atom. The van der Waals surface area contributed by atoms with Gasteiger partial charge in [-0.25, -0.2) is 0 Å². The third kappa shape index (κ3) is 5.68. The largest absolute Gasteiger partial charge is 0.425 e. The number of piperazine rings is 1. The Morgan fingerprint density at radius 1 is 1.21 bits per heavy atom. The summed E-state index contributed by atoms with van der Waals surface area (Å²) >= 11 is 0. The van der Waals surface area contributed by atoms with Crippen LogP contribution in [0, 0.1) is 23.7 Å². The quantitative estimate of drug-likeness (QED) is 0.652. The zero-order chi connectivity index (χ0) is 21.0. The number of hydrogen-bond acceptors (Lipinski definition) is 5. The molecular weight excluding hydrogens is 364 g/mol. The second kappa shape index (κ2) is 9.88. The van der Waals surface area contributed by atoms with Crippen LogP contribution in [0.15, 0.2) is 16.1 Å². The summed E-state index contributed by atoms with van der Waals surface area (Å²) in [4.78, 5) is 16.1. The van der Waals surface area contributed by atoms with Crippen LogP contribution >= 0.6 is 0 Å². The van der Waals surface area contributed by atoms with Crippen molar-refractivity contribution in [2.45, 2.75) is 60.3 Å². The van der Waals surface area contributed by atoms with Gasteiger partial charge >= 0.3 is 0 Å². The minimum Gasteiger partial charge on any atom is -0.425 e. The van der Waals surface area contributed by atoms with E-state index in [1.165, 1.54) is 12.0 Å². The summed E-state index contributed by atoms with van der Waals surface area (Å²) in [6.07, 6.45) is 6.44. The number of carbonyl (C=O) groups is 1. The van der Waals surface area contributed by atoms with Gasteiger partial charge in [0.2, 0.25) is 17.7 Å². The van der Waals surface area contributed by atoms with E-state index in [2.05, 4.69) is 48.9 Å². The molecule has 0 spiro atoms. The van der Waals surface area contributed by atoms with E-state index >= 15 is 0 Å². The number of rotatable bonds is 7. The van der Waals surface area contributed by atoms with Crippen molar-refractivity contribution in [1.82, 2.24) is 20.0 Å². The van der Waals surface area contributed by atoms with Crippen LogP contribution in [0.3, 0.4) is 0 Å². The van der Waals surface area contributed by atoms with Gasteiger partial charge in [-0.1, -0.05) is 32.4 Å². The van der Waals surface area contributed by atoms with Crippen molar-refractivity contribution in [3.8, 4) is 0 Å². The fraction of sp³-hybridized carbons (Fsp3) is 0.783. The predicted octanol–water partition coefficient (Wildman–Crippen LogP) is 3.58. The van der Waals surface area contributed by atoms with Crippen LogP contribution in [0.1, 0.15) is 59.2 Å². The number of hydrogen-bond donors (Lipinski definition) is 0. The monoisotopic (exact) mass is 402 g/mol. The Balaban J connectivity index is 1.63. The zero-order valence-electron chi connectivity index (χ0n) is 18.9. The molecule has 29 heavy (non-hydrogen) atoms. The van der Waals surface area contributed by atoms with Crippen LogP contribution in [0.5, 0.6) is 0 Å². The molecule has 6 heteroatoms. The van der Waals surface area contributed by atoms with E-state index in [0.29, 0.717) is 23.7 Å². The molecular formula is C23H38N4O2. The molecule has 1 saturated heterocycles. The molecule has 1 fully saturated rings. The molecule has 3 atom stereocenters. The normalized spacial score (nSPS) is 26.1. The minimum atomic E-state index is 0.198. The van der Waals surface area contributed by atoms with Crippen LogP contribution in [-0.4, -0.2) is 58.6 Å². The number of allylic oxidation sites excluding steroid dienone is 1. The van der Waals surface area contributed by atoms with Gasteiger partial charge in [0.25, 0.3) is 0 Å². The lowest BCUT2D eigenvalue weighted by Gasteiger charge is -2.41. The van der Waals surface area contributed by atoms with Crippen LogP contribution < -0.4 is 0 Å². The molecule has 162 valence electrons. The molecule has 2 aliphatic rings. The summed E-state index contributed by atoms with van der Waals surface area (Å²) < 4.78 is 5.86. The second-order valence-corrected chi connectivity index (χ2v) is 9.27. The molecule has 1 aromatic rings. The molecule has 0 N–H and O–H groups in total. The number of nitrogens with zero attached hydrogens (tertiary/aromatic N) is 4. The van der Waals surface area contributed by atoms with Crippen LogP contribution in [0.25, 0.3) is 0 Å². The molecule has 1 aromatic heterocycles. The standard InChI is InChI=1S/C23H38N4O2/c1-6-7-22-24-25-23(29-22)14-19-13-21(16(2)3)20(12-17(19)4)15-26-8-10-27(11-9-26)18(5)28/h12,16,19-21H,6-11,13-15H2,1-5H3. The Bertz CT molecular complexity index is 703. The van der Waals surface area contributed by atoms with Gasteiger partial charge in [0.15, 0.2) is 0 Å². The fourth-order valence-electron chi connectivity index (χ4n) is 4.93. The maximum atomic E-state index is 11.6. The molecule has 3 rings (SSSR count). The third-order valence-corrected chi connectivity index (χ3v) is 6.76. The second-order valence-electron chi connectivity index (χ2n) is 9.27. The lowest BCUT2D eigenvalue weighted by atomic mass is 9.69. The highest BCUT2D eigenvalue weighted by Crippen LogP contribution is 2.39. The predicted molar refractivity (Wildman–Crippen MR) is 114 cm³/mol. The van der Waals surface area contributed by atoms with Crippen molar-refractivity contribution in [3.05, 3.63) is 23.4 Å². The first-order valence-corrected chi connectivity index (χ1v) is 11.3. The molecule has 0 bridgehead atoms. The zero-order valence-corrected chi connectivity index (χ0v) is 18.9. The first-order valence-electron chi connectivity index (χ1n) is 11.3. The fourth-order valence-corrected chi connectivity index (χ4v) is 4.93. The minimum absolute atomic E-state index is 0.198. The molecule has 2 heterocycles. The Hall–Kier alpha value is -1.69. The average Bonchev–Trinajstić information content (AvgIpc) is 3.11. The van der Waals surface area contributed by atoms with E-state index in [-0.39, 0.29) is 5.91 Å². The lowest BCUT2D eigenvalue weighted by molar-refractivity contribution is -0.130. The van der Waals surface area contributed by atoms with E-state index in [9.17, 15) is 4.79 Å². The van der Waals surface area contributed by atoms with Crippen molar-refractivity contribution in [2.24, 2.45) is 23.7 Å². The van der Waals surface area contributed by atoms with Gasteiger partial charge in [-0.05, 0) is 43.4 Å². The lowest BCUT2D eigenvalue weighted by Crippen LogP contribution is -2.50. The van der Waals surface area contributed by atoms with Gasteiger partial charge in [-0.3, -0.25) is 9.69 Å². The number of aryl methyl sites for hydroxylation is 1. The van der Waals surface area contributed by atoms with E-state index in [4.69, 9.17) is 4.42 Å². The first kappa shape index (κ1) is 22.0. The first-order chi connectivity index (χ1) is 13.9. The summed E-state index contributed by atoms with van der Waals surface area (Å²) in [6.45, 7) is 15.6.